The normalized spacial score (nSPS) is 12.0. The van der Waals surface area contributed by atoms with Crippen LogP contribution in [-0.4, -0.2) is 7.11 Å². The fourth-order valence-corrected chi connectivity index (χ4v) is 1.85. The molecule has 19 heavy (non-hydrogen) atoms. The van der Waals surface area contributed by atoms with Crippen LogP contribution in [0.4, 0.5) is 14.5 Å². The third-order valence-electron chi connectivity index (χ3n) is 2.86. The molecule has 0 aliphatic heterocycles. The molecule has 2 aromatic rings. The summed E-state index contributed by atoms with van der Waals surface area (Å²) in [5.41, 5.74) is 1.42. The van der Waals surface area contributed by atoms with E-state index in [1.54, 1.807) is 7.11 Å². The third-order valence-corrected chi connectivity index (χ3v) is 2.86. The van der Waals surface area contributed by atoms with Crippen LogP contribution in [-0.2, 0) is 0 Å². The molecule has 0 amide bonds. The van der Waals surface area contributed by atoms with E-state index in [-0.39, 0.29) is 6.04 Å². The number of anilines is 1. The van der Waals surface area contributed by atoms with Crippen LogP contribution in [0.5, 0.6) is 5.75 Å². The van der Waals surface area contributed by atoms with Gasteiger partial charge in [-0.05, 0) is 48.9 Å². The van der Waals surface area contributed by atoms with Gasteiger partial charge in [0.1, 0.15) is 17.4 Å². The van der Waals surface area contributed by atoms with Crippen LogP contribution in [0.25, 0.3) is 0 Å². The molecule has 0 fully saturated rings. The van der Waals surface area contributed by atoms with Crippen molar-refractivity contribution >= 4 is 5.69 Å². The molecule has 0 bridgehead atoms. The molecular weight excluding hydrogens is 248 g/mol. The van der Waals surface area contributed by atoms with Gasteiger partial charge >= 0.3 is 0 Å². The molecule has 0 heterocycles. The van der Waals surface area contributed by atoms with Crippen LogP contribution in [0, 0.1) is 11.6 Å². The first kappa shape index (κ1) is 13.3. The fourth-order valence-electron chi connectivity index (χ4n) is 1.85. The summed E-state index contributed by atoms with van der Waals surface area (Å²) < 4.78 is 31.3. The Morgan fingerprint density at radius 3 is 2.11 bits per heavy atom. The van der Waals surface area contributed by atoms with Crippen molar-refractivity contribution in [3.05, 3.63) is 59.7 Å². The van der Waals surface area contributed by atoms with Crippen LogP contribution in [0.1, 0.15) is 18.5 Å². The fraction of sp³-hybridized carbons (Fsp3) is 0.200. The number of rotatable bonds is 4. The minimum atomic E-state index is -0.571. The monoisotopic (exact) mass is 263 g/mol. The van der Waals surface area contributed by atoms with Gasteiger partial charge in [-0.25, -0.2) is 8.78 Å². The van der Waals surface area contributed by atoms with E-state index in [9.17, 15) is 8.78 Å². The summed E-state index contributed by atoms with van der Waals surface area (Å²) in [4.78, 5) is 0. The maximum Gasteiger partial charge on any atom is 0.126 e. The van der Waals surface area contributed by atoms with Gasteiger partial charge in [0.25, 0.3) is 0 Å². The van der Waals surface area contributed by atoms with Gasteiger partial charge in [0.05, 0.1) is 7.11 Å². The topological polar surface area (TPSA) is 21.3 Å². The van der Waals surface area contributed by atoms with Crippen molar-refractivity contribution in [2.75, 3.05) is 12.4 Å². The van der Waals surface area contributed by atoms with E-state index in [2.05, 4.69) is 5.32 Å². The summed E-state index contributed by atoms with van der Waals surface area (Å²) in [6, 6.07) is 10.7. The van der Waals surface area contributed by atoms with Crippen LogP contribution in [0.3, 0.4) is 0 Å². The molecule has 0 spiro atoms. The minimum absolute atomic E-state index is 0.196. The summed E-state index contributed by atoms with van der Waals surface area (Å²) in [6.45, 7) is 1.85. The quantitative estimate of drug-likeness (QED) is 0.894. The Morgan fingerprint density at radius 2 is 1.58 bits per heavy atom. The van der Waals surface area contributed by atoms with Crippen molar-refractivity contribution in [1.29, 1.82) is 0 Å². The van der Waals surface area contributed by atoms with Gasteiger partial charge < -0.3 is 10.1 Å². The molecule has 0 saturated carbocycles. The maximum absolute atomic E-state index is 13.1. The number of methoxy groups -OCH3 is 1. The van der Waals surface area contributed by atoms with E-state index in [1.165, 1.54) is 12.1 Å². The number of benzene rings is 2. The minimum Gasteiger partial charge on any atom is -0.497 e. The molecule has 1 N–H and O–H groups in total. The molecule has 1 unspecified atom stereocenters. The van der Waals surface area contributed by atoms with Crippen LogP contribution in [0.2, 0.25) is 0 Å². The van der Waals surface area contributed by atoms with Gasteiger partial charge in [-0.3, -0.25) is 0 Å². The Kier molecular flexibility index (Phi) is 4.00. The van der Waals surface area contributed by atoms with E-state index < -0.39 is 11.6 Å². The Balaban J connectivity index is 2.13. The van der Waals surface area contributed by atoms with Crippen LogP contribution >= 0.6 is 0 Å². The molecule has 0 saturated heterocycles. The van der Waals surface area contributed by atoms with Crippen molar-refractivity contribution in [3.63, 3.8) is 0 Å². The average molecular weight is 263 g/mol. The maximum atomic E-state index is 13.1. The summed E-state index contributed by atoms with van der Waals surface area (Å²) in [6.07, 6.45) is 0. The standard InChI is InChI=1S/C15H15F2NO/c1-10(11-7-12(16)9-13(17)8-11)18-14-3-5-15(19-2)6-4-14/h3-10,18H,1-2H3. The second-order valence-electron chi connectivity index (χ2n) is 4.30. The predicted octanol–water partition coefficient (Wildman–Crippen LogP) is 4.15. The summed E-state index contributed by atoms with van der Waals surface area (Å²) in [7, 11) is 1.60. The van der Waals surface area contributed by atoms with E-state index in [1.807, 2.05) is 31.2 Å². The summed E-state index contributed by atoms with van der Waals surface area (Å²) >= 11 is 0. The molecule has 0 aromatic heterocycles. The first-order valence-electron chi connectivity index (χ1n) is 5.95. The SMILES string of the molecule is COc1ccc(NC(C)c2cc(F)cc(F)c2)cc1. The molecule has 100 valence electrons. The molecule has 2 aromatic carbocycles. The molecule has 1 atom stereocenters. The molecule has 0 aliphatic rings. The van der Waals surface area contributed by atoms with Crippen molar-refractivity contribution in [2.24, 2.45) is 0 Å². The van der Waals surface area contributed by atoms with Gasteiger partial charge in [-0.2, -0.15) is 0 Å². The molecular formula is C15H15F2NO. The Hall–Kier alpha value is -2.10. The van der Waals surface area contributed by atoms with Crippen LogP contribution in [0.15, 0.2) is 42.5 Å². The van der Waals surface area contributed by atoms with E-state index >= 15 is 0 Å². The highest BCUT2D eigenvalue weighted by Gasteiger charge is 2.08. The first-order chi connectivity index (χ1) is 9.08. The second-order valence-corrected chi connectivity index (χ2v) is 4.30. The predicted molar refractivity (Wildman–Crippen MR) is 71.4 cm³/mol. The Labute approximate surface area is 111 Å². The largest absolute Gasteiger partial charge is 0.497 e. The highest BCUT2D eigenvalue weighted by molar-refractivity contribution is 5.48. The van der Waals surface area contributed by atoms with E-state index in [4.69, 9.17) is 4.74 Å². The molecule has 2 rings (SSSR count). The van der Waals surface area contributed by atoms with Crippen molar-refractivity contribution in [2.45, 2.75) is 13.0 Å². The van der Waals surface area contributed by atoms with Gasteiger partial charge in [0.15, 0.2) is 0 Å². The highest BCUT2D eigenvalue weighted by atomic mass is 19.1. The average Bonchev–Trinajstić information content (AvgIpc) is 2.38. The third kappa shape index (κ3) is 3.44. The number of nitrogens with one attached hydrogen (secondary N) is 1. The zero-order valence-corrected chi connectivity index (χ0v) is 10.8. The lowest BCUT2D eigenvalue weighted by Crippen LogP contribution is -2.07. The van der Waals surface area contributed by atoms with E-state index in [0.717, 1.165) is 17.5 Å². The summed E-state index contributed by atoms with van der Waals surface area (Å²) in [5, 5.41) is 3.18. The number of hydrogen-bond acceptors (Lipinski definition) is 2. The van der Waals surface area contributed by atoms with Crippen molar-refractivity contribution in [3.8, 4) is 5.75 Å². The zero-order chi connectivity index (χ0) is 13.8. The Morgan fingerprint density at radius 1 is 1.00 bits per heavy atom. The lowest BCUT2D eigenvalue weighted by Gasteiger charge is -2.16. The number of halogens is 2. The van der Waals surface area contributed by atoms with Gasteiger partial charge in [0.2, 0.25) is 0 Å². The van der Waals surface area contributed by atoms with Crippen LogP contribution < -0.4 is 10.1 Å². The lowest BCUT2D eigenvalue weighted by molar-refractivity contribution is 0.415. The van der Waals surface area contributed by atoms with Gasteiger partial charge in [-0.15, -0.1) is 0 Å². The summed E-state index contributed by atoms with van der Waals surface area (Å²) in [5.74, 6) is -0.383. The van der Waals surface area contributed by atoms with E-state index in [0.29, 0.717) is 5.56 Å². The molecule has 4 heteroatoms. The smallest absolute Gasteiger partial charge is 0.126 e. The van der Waals surface area contributed by atoms with Crippen molar-refractivity contribution in [1.82, 2.24) is 0 Å². The number of hydrogen-bond donors (Lipinski definition) is 1. The molecule has 2 nitrogen and oxygen atoms in total. The van der Waals surface area contributed by atoms with Gasteiger partial charge in [-0.1, -0.05) is 0 Å². The molecule has 0 aliphatic carbocycles. The zero-order valence-electron chi connectivity index (χ0n) is 10.8. The van der Waals surface area contributed by atoms with Gasteiger partial charge in [0, 0.05) is 17.8 Å². The van der Waals surface area contributed by atoms with Crippen molar-refractivity contribution < 1.29 is 13.5 Å². The number of ether oxygens (including phenoxy) is 1. The second kappa shape index (κ2) is 5.69. The lowest BCUT2D eigenvalue weighted by atomic mass is 10.1. The molecule has 0 radical (unpaired) electrons. The highest BCUT2D eigenvalue weighted by Crippen LogP contribution is 2.22. The Bertz CT molecular complexity index is 534. The first-order valence-corrected chi connectivity index (χ1v) is 5.95.